The smallest absolute Gasteiger partial charge is 0.166 e. The number of hydrogen-bond donors (Lipinski definition) is 1. The van der Waals surface area contributed by atoms with Gasteiger partial charge in [0, 0.05) is 22.7 Å². The first-order valence-electron chi connectivity index (χ1n) is 7.86. The maximum absolute atomic E-state index is 6.55. The summed E-state index contributed by atoms with van der Waals surface area (Å²) in [5, 5.41) is 4.43. The molecule has 3 nitrogen and oxygen atoms in total. The predicted molar refractivity (Wildman–Crippen MR) is 85.6 cm³/mol. The molecule has 116 valence electrons. The van der Waals surface area contributed by atoms with Crippen LogP contribution in [0.25, 0.3) is 0 Å². The Balaban J connectivity index is 2.14. The summed E-state index contributed by atoms with van der Waals surface area (Å²) in [4.78, 5) is 0. The minimum Gasteiger partial charge on any atom is -0.486 e. The molecule has 0 radical (unpaired) electrons. The lowest BCUT2D eigenvalue weighted by Crippen LogP contribution is -2.27. The molecule has 3 rings (SSSR count). The quantitative estimate of drug-likeness (QED) is 0.833. The van der Waals surface area contributed by atoms with Crippen molar-refractivity contribution in [2.45, 2.75) is 46.1 Å². The normalized spacial score (nSPS) is 23.3. The lowest BCUT2D eigenvalue weighted by molar-refractivity contribution is 0.167. The van der Waals surface area contributed by atoms with Crippen LogP contribution in [0, 0.1) is 5.41 Å². The average Bonchev–Trinajstić information content (AvgIpc) is 2.56. The zero-order valence-electron chi connectivity index (χ0n) is 13.1. The molecule has 0 aromatic heterocycles. The van der Waals surface area contributed by atoms with Crippen molar-refractivity contribution in [1.29, 1.82) is 0 Å². The van der Waals surface area contributed by atoms with Crippen molar-refractivity contribution in [3.63, 3.8) is 0 Å². The van der Waals surface area contributed by atoms with Crippen LogP contribution in [0.4, 0.5) is 0 Å². The van der Waals surface area contributed by atoms with Crippen LogP contribution in [0.3, 0.4) is 0 Å². The van der Waals surface area contributed by atoms with E-state index in [1.807, 2.05) is 6.07 Å². The van der Waals surface area contributed by atoms with Crippen LogP contribution in [0.5, 0.6) is 11.5 Å². The van der Waals surface area contributed by atoms with Crippen molar-refractivity contribution in [3.8, 4) is 11.5 Å². The van der Waals surface area contributed by atoms with Crippen molar-refractivity contribution in [2.24, 2.45) is 5.41 Å². The highest BCUT2D eigenvalue weighted by Crippen LogP contribution is 2.49. The third-order valence-electron chi connectivity index (χ3n) is 4.53. The largest absolute Gasteiger partial charge is 0.486 e. The minimum atomic E-state index is 0.275. The van der Waals surface area contributed by atoms with Gasteiger partial charge in [0.2, 0.25) is 0 Å². The highest BCUT2D eigenvalue weighted by atomic mass is 35.5. The Labute approximate surface area is 132 Å². The summed E-state index contributed by atoms with van der Waals surface area (Å²) in [7, 11) is 0. The van der Waals surface area contributed by atoms with Gasteiger partial charge >= 0.3 is 0 Å². The topological polar surface area (TPSA) is 30.5 Å². The van der Waals surface area contributed by atoms with Crippen LogP contribution < -0.4 is 14.8 Å². The second kappa shape index (κ2) is 5.69. The summed E-state index contributed by atoms with van der Waals surface area (Å²) < 4.78 is 11.7. The molecular formula is C17H24ClNO2. The first-order chi connectivity index (χ1) is 10.0. The van der Waals surface area contributed by atoms with E-state index in [1.54, 1.807) is 0 Å². The van der Waals surface area contributed by atoms with Gasteiger partial charge in [-0.05, 0) is 36.8 Å². The maximum Gasteiger partial charge on any atom is 0.166 e. The van der Waals surface area contributed by atoms with Crippen molar-refractivity contribution in [3.05, 3.63) is 22.2 Å². The van der Waals surface area contributed by atoms with E-state index in [4.69, 9.17) is 21.1 Å². The fourth-order valence-electron chi connectivity index (χ4n) is 3.48. The van der Waals surface area contributed by atoms with Crippen LogP contribution in [-0.2, 0) is 6.42 Å². The Bertz CT molecular complexity index is 542. The molecule has 1 aliphatic heterocycles. The number of hydrogen-bond acceptors (Lipinski definition) is 3. The number of nitrogens with one attached hydrogen (secondary N) is 1. The van der Waals surface area contributed by atoms with Gasteiger partial charge in [0.25, 0.3) is 0 Å². The van der Waals surface area contributed by atoms with E-state index in [2.05, 4.69) is 26.1 Å². The Hall–Kier alpha value is -0.930. The van der Waals surface area contributed by atoms with Crippen molar-refractivity contribution in [2.75, 3.05) is 19.8 Å². The van der Waals surface area contributed by atoms with Crippen molar-refractivity contribution < 1.29 is 9.47 Å². The van der Waals surface area contributed by atoms with Crippen LogP contribution in [0.15, 0.2) is 6.07 Å². The van der Waals surface area contributed by atoms with E-state index >= 15 is 0 Å². The molecule has 0 saturated carbocycles. The zero-order chi connectivity index (χ0) is 15.0. The summed E-state index contributed by atoms with van der Waals surface area (Å²) in [5.74, 6) is 1.71. The predicted octanol–water partition coefficient (Wildman–Crippen LogP) is 4.12. The fraction of sp³-hybridized carbons (Fsp3) is 0.647. The second-order valence-corrected chi connectivity index (χ2v) is 7.16. The monoisotopic (exact) mass is 309 g/mol. The van der Waals surface area contributed by atoms with E-state index in [-0.39, 0.29) is 11.5 Å². The number of halogens is 1. The summed E-state index contributed by atoms with van der Waals surface area (Å²) >= 11 is 6.55. The molecule has 1 aromatic rings. The molecule has 1 aromatic carbocycles. The first kappa shape index (κ1) is 15.0. The summed E-state index contributed by atoms with van der Waals surface area (Å²) in [5.41, 5.74) is 2.75. The lowest BCUT2D eigenvalue weighted by Gasteiger charge is -2.30. The molecule has 1 atom stereocenters. The van der Waals surface area contributed by atoms with Gasteiger partial charge in [0.1, 0.15) is 13.2 Å². The van der Waals surface area contributed by atoms with Gasteiger partial charge in [-0.1, -0.05) is 32.4 Å². The van der Waals surface area contributed by atoms with Crippen LogP contribution in [0.2, 0.25) is 5.02 Å². The van der Waals surface area contributed by atoms with E-state index in [1.165, 1.54) is 11.1 Å². The highest BCUT2D eigenvalue weighted by molar-refractivity contribution is 6.31. The van der Waals surface area contributed by atoms with Gasteiger partial charge in [-0.15, -0.1) is 0 Å². The van der Waals surface area contributed by atoms with Crippen LogP contribution >= 0.6 is 11.6 Å². The summed E-state index contributed by atoms with van der Waals surface area (Å²) in [6.45, 7) is 8.96. The third kappa shape index (κ3) is 2.86. The van der Waals surface area contributed by atoms with Gasteiger partial charge in [-0.25, -0.2) is 0 Å². The Morgan fingerprint density at radius 1 is 1.33 bits per heavy atom. The standard InChI is InChI=1S/C17H24ClNO2/c1-4-19-13-10-17(2,3)6-5-11-12(18)9-14-16(15(11)13)21-8-7-20-14/h9,13,19H,4-8,10H2,1-3H3. The summed E-state index contributed by atoms with van der Waals surface area (Å²) in [6, 6.07) is 2.20. The highest BCUT2D eigenvalue weighted by Gasteiger charge is 2.34. The SMILES string of the molecule is CCNC1CC(C)(C)CCc2c(Cl)cc3c(c21)OCCO3. The average molecular weight is 310 g/mol. The van der Waals surface area contributed by atoms with Gasteiger partial charge in [-0.3, -0.25) is 0 Å². The number of benzene rings is 1. The molecule has 0 saturated heterocycles. The van der Waals surface area contributed by atoms with Gasteiger partial charge in [0.05, 0.1) is 0 Å². The molecule has 1 N–H and O–H groups in total. The molecule has 1 heterocycles. The van der Waals surface area contributed by atoms with Crippen LogP contribution in [-0.4, -0.2) is 19.8 Å². The molecule has 21 heavy (non-hydrogen) atoms. The molecular weight excluding hydrogens is 286 g/mol. The lowest BCUT2D eigenvalue weighted by atomic mass is 9.83. The molecule has 1 aliphatic carbocycles. The molecule has 1 unspecified atom stereocenters. The fourth-order valence-corrected chi connectivity index (χ4v) is 3.78. The molecule has 4 heteroatoms. The number of rotatable bonds is 2. The van der Waals surface area contributed by atoms with Gasteiger partial charge < -0.3 is 14.8 Å². The molecule has 0 fully saturated rings. The van der Waals surface area contributed by atoms with E-state index < -0.39 is 0 Å². The van der Waals surface area contributed by atoms with E-state index in [0.29, 0.717) is 13.2 Å². The molecule has 2 aliphatic rings. The first-order valence-corrected chi connectivity index (χ1v) is 8.24. The second-order valence-electron chi connectivity index (χ2n) is 6.75. The minimum absolute atomic E-state index is 0.275. The molecule has 0 bridgehead atoms. The van der Waals surface area contributed by atoms with E-state index in [0.717, 1.165) is 42.3 Å². The van der Waals surface area contributed by atoms with Crippen molar-refractivity contribution in [1.82, 2.24) is 5.32 Å². The van der Waals surface area contributed by atoms with Gasteiger partial charge in [0.15, 0.2) is 11.5 Å². The third-order valence-corrected chi connectivity index (χ3v) is 4.87. The zero-order valence-corrected chi connectivity index (χ0v) is 13.8. The number of fused-ring (bicyclic) bond motifs is 3. The van der Waals surface area contributed by atoms with Crippen LogP contribution in [0.1, 0.15) is 50.8 Å². The maximum atomic E-state index is 6.55. The van der Waals surface area contributed by atoms with Crippen molar-refractivity contribution >= 4 is 11.6 Å². The van der Waals surface area contributed by atoms with Gasteiger partial charge in [-0.2, -0.15) is 0 Å². The molecule has 0 spiro atoms. The Morgan fingerprint density at radius 3 is 2.86 bits per heavy atom. The molecule has 0 amide bonds. The summed E-state index contributed by atoms with van der Waals surface area (Å²) in [6.07, 6.45) is 3.23. The van der Waals surface area contributed by atoms with E-state index in [9.17, 15) is 0 Å². The Morgan fingerprint density at radius 2 is 2.10 bits per heavy atom. The number of ether oxygens (including phenoxy) is 2. The Kier molecular flexibility index (Phi) is 4.06.